The summed E-state index contributed by atoms with van der Waals surface area (Å²) in [6, 6.07) is 2.54. The van der Waals surface area contributed by atoms with Crippen molar-refractivity contribution in [3.05, 3.63) is 23.0 Å². The second-order valence-electron chi connectivity index (χ2n) is 7.37. The zero-order valence-corrected chi connectivity index (χ0v) is 14.6. The number of hydrogen-bond acceptors (Lipinski definition) is 2. The third kappa shape index (κ3) is 3.70. The van der Waals surface area contributed by atoms with Crippen molar-refractivity contribution in [2.24, 2.45) is 11.1 Å². The number of fused-ring (bicyclic) bond motifs is 1. The van der Waals surface area contributed by atoms with Gasteiger partial charge in [0.25, 0.3) is 0 Å². The molecular formula is C18H33N3. The molecular weight excluding hydrogens is 258 g/mol. The Bertz CT molecular complexity index is 469. The van der Waals surface area contributed by atoms with Crippen LogP contribution < -0.4 is 5.73 Å². The highest BCUT2D eigenvalue weighted by atomic mass is 15.1. The molecule has 3 heteroatoms. The topological polar surface area (TPSA) is 34.2 Å². The van der Waals surface area contributed by atoms with Gasteiger partial charge in [-0.3, -0.25) is 0 Å². The number of hydrogen-bond donors (Lipinski definition) is 1. The largest absolute Gasteiger partial charge is 0.348 e. The molecule has 1 aliphatic carbocycles. The van der Waals surface area contributed by atoms with Crippen LogP contribution in [0.25, 0.3) is 0 Å². The van der Waals surface area contributed by atoms with E-state index in [-0.39, 0.29) is 6.04 Å². The third-order valence-corrected chi connectivity index (χ3v) is 5.02. The number of aromatic nitrogens is 1. The molecule has 0 fully saturated rings. The fraction of sp³-hybridized carbons (Fsp3) is 0.778. The lowest BCUT2D eigenvalue weighted by molar-refractivity contribution is 0.269. The highest BCUT2D eigenvalue weighted by Crippen LogP contribution is 2.40. The van der Waals surface area contributed by atoms with Gasteiger partial charge in [0.15, 0.2) is 0 Å². The minimum Gasteiger partial charge on any atom is -0.348 e. The highest BCUT2D eigenvalue weighted by Gasteiger charge is 2.33. The first-order valence-electron chi connectivity index (χ1n) is 8.54. The van der Waals surface area contributed by atoms with Crippen LogP contribution in [-0.4, -0.2) is 29.1 Å². The molecule has 1 unspecified atom stereocenters. The average Bonchev–Trinajstić information content (AvgIpc) is 2.71. The van der Waals surface area contributed by atoms with Crippen LogP contribution in [0.1, 0.15) is 63.5 Å². The monoisotopic (exact) mass is 291 g/mol. The quantitative estimate of drug-likeness (QED) is 0.870. The molecule has 2 rings (SSSR count). The molecule has 0 bridgehead atoms. The molecule has 0 aliphatic heterocycles. The summed E-state index contributed by atoms with van der Waals surface area (Å²) >= 11 is 0. The van der Waals surface area contributed by atoms with Gasteiger partial charge in [0.2, 0.25) is 0 Å². The fourth-order valence-corrected chi connectivity index (χ4v) is 3.81. The van der Waals surface area contributed by atoms with E-state index in [0.29, 0.717) is 5.41 Å². The third-order valence-electron chi connectivity index (χ3n) is 5.02. The van der Waals surface area contributed by atoms with Crippen LogP contribution in [0.2, 0.25) is 0 Å². The van der Waals surface area contributed by atoms with Crippen LogP contribution in [0, 0.1) is 12.3 Å². The van der Waals surface area contributed by atoms with Crippen molar-refractivity contribution in [1.82, 2.24) is 9.47 Å². The Morgan fingerprint density at radius 2 is 2.00 bits per heavy atom. The molecule has 0 saturated heterocycles. The molecule has 1 aromatic heterocycles. The summed E-state index contributed by atoms with van der Waals surface area (Å²) in [7, 11) is 0. The van der Waals surface area contributed by atoms with Gasteiger partial charge >= 0.3 is 0 Å². The highest BCUT2D eigenvalue weighted by molar-refractivity contribution is 5.34. The summed E-state index contributed by atoms with van der Waals surface area (Å²) in [4.78, 5) is 2.50. The average molecular weight is 291 g/mol. The smallest absolute Gasteiger partial charge is 0.0318 e. The SMILES string of the molecule is CCN(CC)CCCn1c(C)cc2c1CC(C)(C)CC2N. The van der Waals surface area contributed by atoms with Gasteiger partial charge in [-0.25, -0.2) is 0 Å². The van der Waals surface area contributed by atoms with E-state index in [2.05, 4.69) is 50.2 Å². The lowest BCUT2D eigenvalue weighted by atomic mass is 9.74. The number of nitrogens with zero attached hydrogens (tertiary/aromatic N) is 2. The predicted octanol–water partition coefficient (Wildman–Crippen LogP) is 3.50. The summed E-state index contributed by atoms with van der Waals surface area (Å²) in [5, 5.41) is 0. The maximum atomic E-state index is 6.40. The van der Waals surface area contributed by atoms with E-state index >= 15 is 0 Å². The van der Waals surface area contributed by atoms with E-state index < -0.39 is 0 Å². The van der Waals surface area contributed by atoms with Crippen molar-refractivity contribution in [3.63, 3.8) is 0 Å². The molecule has 120 valence electrons. The Balaban J connectivity index is 2.11. The van der Waals surface area contributed by atoms with E-state index in [1.807, 2.05) is 0 Å². The Hall–Kier alpha value is -0.800. The van der Waals surface area contributed by atoms with Crippen molar-refractivity contribution in [3.8, 4) is 0 Å². The van der Waals surface area contributed by atoms with Crippen LogP contribution in [0.5, 0.6) is 0 Å². The number of nitrogens with two attached hydrogens (primary N) is 1. The number of aryl methyl sites for hydroxylation is 1. The van der Waals surface area contributed by atoms with E-state index in [9.17, 15) is 0 Å². The van der Waals surface area contributed by atoms with Crippen LogP contribution in [0.15, 0.2) is 6.07 Å². The Morgan fingerprint density at radius 3 is 2.62 bits per heavy atom. The molecule has 3 nitrogen and oxygen atoms in total. The maximum absolute atomic E-state index is 6.40. The number of rotatable bonds is 6. The van der Waals surface area contributed by atoms with Gasteiger partial charge in [0.1, 0.15) is 0 Å². The molecule has 0 saturated carbocycles. The van der Waals surface area contributed by atoms with Gasteiger partial charge in [-0.1, -0.05) is 27.7 Å². The van der Waals surface area contributed by atoms with Gasteiger partial charge in [-0.2, -0.15) is 0 Å². The molecule has 0 radical (unpaired) electrons. The molecule has 1 aromatic rings. The molecule has 0 amide bonds. The van der Waals surface area contributed by atoms with Crippen molar-refractivity contribution >= 4 is 0 Å². The Morgan fingerprint density at radius 1 is 1.33 bits per heavy atom. The van der Waals surface area contributed by atoms with Gasteiger partial charge < -0.3 is 15.2 Å². The standard InChI is InChI=1S/C18H33N3/c1-6-20(7-2)9-8-10-21-14(3)11-15-16(19)12-18(4,5)13-17(15)21/h11,16H,6-10,12-13,19H2,1-5H3. The lowest BCUT2D eigenvalue weighted by Gasteiger charge is -2.34. The van der Waals surface area contributed by atoms with Crippen LogP contribution >= 0.6 is 0 Å². The minimum atomic E-state index is 0.214. The van der Waals surface area contributed by atoms with Crippen molar-refractivity contribution in [1.29, 1.82) is 0 Å². The van der Waals surface area contributed by atoms with Gasteiger partial charge in [-0.15, -0.1) is 0 Å². The zero-order valence-electron chi connectivity index (χ0n) is 14.6. The first-order chi connectivity index (χ1) is 9.88. The van der Waals surface area contributed by atoms with Crippen molar-refractivity contribution in [2.45, 2.75) is 66.5 Å². The summed E-state index contributed by atoms with van der Waals surface area (Å²) in [6.45, 7) is 16.0. The Kier molecular flexibility index (Phi) is 5.15. The van der Waals surface area contributed by atoms with Gasteiger partial charge in [0.05, 0.1) is 0 Å². The molecule has 1 aliphatic rings. The predicted molar refractivity (Wildman–Crippen MR) is 90.6 cm³/mol. The molecule has 0 aromatic carbocycles. The van der Waals surface area contributed by atoms with E-state index in [4.69, 9.17) is 5.73 Å². The first kappa shape index (κ1) is 16.6. The first-order valence-corrected chi connectivity index (χ1v) is 8.54. The fourth-order valence-electron chi connectivity index (χ4n) is 3.81. The normalized spacial score (nSPS) is 20.8. The summed E-state index contributed by atoms with van der Waals surface area (Å²) in [6.07, 6.45) is 3.48. The maximum Gasteiger partial charge on any atom is 0.0318 e. The van der Waals surface area contributed by atoms with Gasteiger partial charge in [-0.05, 0) is 62.9 Å². The van der Waals surface area contributed by atoms with Crippen LogP contribution in [0.3, 0.4) is 0 Å². The molecule has 21 heavy (non-hydrogen) atoms. The molecule has 1 heterocycles. The lowest BCUT2D eigenvalue weighted by Crippen LogP contribution is -2.31. The van der Waals surface area contributed by atoms with Gasteiger partial charge in [0, 0.05) is 24.0 Å². The van der Waals surface area contributed by atoms with Crippen LogP contribution in [-0.2, 0) is 13.0 Å². The van der Waals surface area contributed by atoms with Crippen LogP contribution in [0.4, 0.5) is 0 Å². The Labute approximate surface area is 130 Å². The van der Waals surface area contributed by atoms with E-state index in [0.717, 1.165) is 32.5 Å². The summed E-state index contributed by atoms with van der Waals surface area (Å²) < 4.78 is 2.53. The van der Waals surface area contributed by atoms with Crippen molar-refractivity contribution in [2.75, 3.05) is 19.6 Å². The zero-order chi connectivity index (χ0) is 15.6. The van der Waals surface area contributed by atoms with E-state index in [1.165, 1.54) is 29.9 Å². The van der Waals surface area contributed by atoms with E-state index in [1.54, 1.807) is 0 Å². The summed E-state index contributed by atoms with van der Waals surface area (Å²) in [5.41, 5.74) is 11.0. The van der Waals surface area contributed by atoms with Crippen molar-refractivity contribution < 1.29 is 0 Å². The second-order valence-corrected chi connectivity index (χ2v) is 7.37. The summed E-state index contributed by atoms with van der Waals surface area (Å²) in [5.74, 6) is 0. The molecule has 1 atom stereocenters. The molecule has 0 spiro atoms. The second kappa shape index (κ2) is 6.53. The molecule has 2 N–H and O–H groups in total. The minimum absolute atomic E-state index is 0.214.